The lowest BCUT2D eigenvalue weighted by atomic mass is 10.2. The maximum absolute atomic E-state index is 5.01. The van der Waals surface area contributed by atoms with E-state index in [1.807, 2.05) is 29.1 Å². The molecule has 0 amide bonds. The Balaban J connectivity index is 1.98. The molecule has 4 nitrogen and oxygen atoms in total. The number of ether oxygens (including phenoxy) is 1. The van der Waals surface area contributed by atoms with Crippen molar-refractivity contribution in [3.8, 4) is 0 Å². The van der Waals surface area contributed by atoms with Gasteiger partial charge in [-0.2, -0.15) is 5.10 Å². The van der Waals surface area contributed by atoms with Crippen molar-refractivity contribution in [3.05, 3.63) is 52.3 Å². The molecule has 102 valence electrons. The van der Waals surface area contributed by atoms with Crippen molar-refractivity contribution in [2.24, 2.45) is 0 Å². The Morgan fingerprint density at radius 1 is 1.32 bits per heavy atom. The van der Waals surface area contributed by atoms with Crippen LogP contribution in [0.3, 0.4) is 0 Å². The minimum Gasteiger partial charge on any atom is -0.383 e. The van der Waals surface area contributed by atoms with Gasteiger partial charge in [-0.3, -0.25) is 4.68 Å². The molecule has 0 aliphatic carbocycles. The fourth-order valence-electron chi connectivity index (χ4n) is 1.83. The zero-order valence-corrected chi connectivity index (χ0v) is 12.6. The maximum atomic E-state index is 5.01. The first-order chi connectivity index (χ1) is 9.31. The van der Waals surface area contributed by atoms with Gasteiger partial charge in [0.2, 0.25) is 0 Å². The van der Waals surface area contributed by atoms with Crippen molar-refractivity contribution >= 4 is 15.9 Å². The Labute approximate surface area is 121 Å². The highest BCUT2D eigenvalue weighted by Crippen LogP contribution is 2.17. The second kappa shape index (κ2) is 7.43. The van der Waals surface area contributed by atoms with Crippen LogP contribution in [0.2, 0.25) is 0 Å². The lowest BCUT2D eigenvalue weighted by Gasteiger charge is -2.10. The van der Waals surface area contributed by atoms with E-state index in [9.17, 15) is 0 Å². The molecule has 0 aliphatic heterocycles. The monoisotopic (exact) mass is 323 g/mol. The molecule has 0 saturated carbocycles. The molecular weight excluding hydrogens is 306 g/mol. The highest BCUT2D eigenvalue weighted by molar-refractivity contribution is 9.10. The van der Waals surface area contributed by atoms with Crippen LogP contribution in [0.1, 0.15) is 11.3 Å². The Kier molecular flexibility index (Phi) is 5.57. The van der Waals surface area contributed by atoms with Crippen LogP contribution in [0.5, 0.6) is 0 Å². The van der Waals surface area contributed by atoms with E-state index in [-0.39, 0.29) is 0 Å². The average Bonchev–Trinajstić information content (AvgIpc) is 2.85. The molecule has 0 atom stereocenters. The molecule has 0 bridgehead atoms. The van der Waals surface area contributed by atoms with Crippen molar-refractivity contribution in [1.82, 2.24) is 15.1 Å². The molecular formula is C14H18BrN3O. The van der Waals surface area contributed by atoms with E-state index in [4.69, 9.17) is 4.74 Å². The van der Waals surface area contributed by atoms with Gasteiger partial charge >= 0.3 is 0 Å². The first-order valence-electron chi connectivity index (χ1n) is 6.25. The first-order valence-corrected chi connectivity index (χ1v) is 7.04. The first kappa shape index (κ1) is 14.2. The summed E-state index contributed by atoms with van der Waals surface area (Å²) in [6.45, 7) is 3.14. The predicted octanol–water partition coefficient (Wildman–Crippen LogP) is 2.43. The minimum atomic E-state index is 0.721. The van der Waals surface area contributed by atoms with E-state index in [1.165, 1.54) is 11.3 Å². The van der Waals surface area contributed by atoms with Crippen molar-refractivity contribution < 1.29 is 4.74 Å². The second-order valence-corrected chi connectivity index (χ2v) is 5.10. The van der Waals surface area contributed by atoms with Crippen LogP contribution in [0.15, 0.2) is 41.0 Å². The van der Waals surface area contributed by atoms with E-state index >= 15 is 0 Å². The molecule has 2 rings (SSSR count). The Morgan fingerprint density at radius 2 is 2.16 bits per heavy atom. The highest BCUT2D eigenvalue weighted by Gasteiger charge is 2.05. The van der Waals surface area contributed by atoms with Gasteiger partial charge in [0.25, 0.3) is 0 Å². The number of nitrogens with zero attached hydrogens (tertiary/aromatic N) is 2. The third-order valence-electron chi connectivity index (χ3n) is 2.87. The summed E-state index contributed by atoms with van der Waals surface area (Å²) in [6.07, 6.45) is 1.84. The number of aromatic nitrogens is 2. The molecule has 5 heteroatoms. The Bertz CT molecular complexity index is 513. The van der Waals surface area contributed by atoms with E-state index in [0.717, 1.165) is 30.7 Å². The predicted molar refractivity (Wildman–Crippen MR) is 79.1 cm³/mol. The minimum absolute atomic E-state index is 0.721. The largest absolute Gasteiger partial charge is 0.383 e. The number of nitrogens with one attached hydrogen (secondary N) is 1. The van der Waals surface area contributed by atoms with Crippen molar-refractivity contribution in [2.75, 3.05) is 20.3 Å². The summed E-state index contributed by atoms with van der Waals surface area (Å²) in [4.78, 5) is 0. The van der Waals surface area contributed by atoms with E-state index in [1.54, 1.807) is 7.11 Å². The van der Waals surface area contributed by atoms with Crippen LogP contribution >= 0.6 is 15.9 Å². The third kappa shape index (κ3) is 4.16. The lowest BCUT2D eigenvalue weighted by Crippen LogP contribution is -2.21. The maximum Gasteiger partial charge on any atom is 0.0674 e. The van der Waals surface area contributed by atoms with Gasteiger partial charge in [-0.05, 0) is 17.7 Å². The molecule has 0 fully saturated rings. The second-order valence-electron chi connectivity index (χ2n) is 4.24. The lowest BCUT2D eigenvalue weighted by molar-refractivity contribution is 0.199. The quantitative estimate of drug-likeness (QED) is 0.795. The zero-order valence-electron chi connectivity index (χ0n) is 11.0. The molecule has 0 spiro atoms. The fourth-order valence-corrected chi connectivity index (χ4v) is 2.24. The van der Waals surface area contributed by atoms with Crippen LogP contribution in [0.25, 0.3) is 0 Å². The van der Waals surface area contributed by atoms with Gasteiger partial charge in [-0.25, -0.2) is 0 Å². The van der Waals surface area contributed by atoms with E-state index < -0.39 is 0 Å². The van der Waals surface area contributed by atoms with Crippen LogP contribution in [-0.2, 0) is 17.8 Å². The van der Waals surface area contributed by atoms with Gasteiger partial charge in [0.05, 0.1) is 18.8 Å². The van der Waals surface area contributed by atoms with Gasteiger partial charge < -0.3 is 10.1 Å². The third-order valence-corrected chi connectivity index (χ3v) is 3.65. The van der Waals surface area contributed by atoms with E-state index in [2.05, 4.69) is 38.5 Å². The summed E-state index contributed by atoms with van der Waals surface area (Å²) >= 11 is 3.57. The molecule has 1 aromatic heterocycles. The fraction of sp³-hybridized carbons (Fsp3) is 0.357. The number of rotatable bonds is 7. The SMILES string of the molecule is COCCNCc1ccnn1Cc1ccccc1Br. The zero-order chi connectivity index (χ0) is 13.5. The van der Waals surface area contributed by atoms with Crippen LogP contribution in [-0.4, -0.2) is 30.0 Å². The molecule has 0 radical (unpaired) electrons. The topological polar surface area (TPSA) is 39.1 Å². The Morgan fingerprint density at radius 3 is 2.95 bits per heavy atom. The standard InChI is InChI=1S/C14H18BrN3O/c1-19-9-8-16-10-13-6-7-17-18(13)11-12-4-2-3-5-14(12)15/h2-7,16H,8-11H2,1H3. The number of hydrogen-bond donors (Lipinski definition) is 1. The number of methoxy groups -OCH3 is 1. The molecule has 1 heterocycles. The van der Waals surface area contributed by atoms with Crippen LogP contribution in [0.4, 0.5) is 0 Å². The van der Waals surface area contributed by atoms with Gasteiger partial charge in [0, 0.05) is 30.9 Å². The summed E-state index contributed by atoms with van der Waals surface area (Å²) in [7, 11) is 1.71. The summed E-state index contributed by atoms with van der Waals surface area (Å²) in [5, 5.41) is 7.71. The molecule has 0 saturated heterocycles. The summed E-state index contributed by atoms with van der Waals surface area (Å²) in [5.74, 6) is 0. The molecule has 19 heavy (non-hydrogen) atoms. The molecule has 2 aromatic rings. The van der Waals surface area contributed by atoms with E-state index in [0.29, 0.717) is 0 Å². The average molecular weight is 324 g/mol. The number of hydrogen-bond acceptors (Lipinski definition) is 3. The van der Waals surface area contributed by atoms with Gasteiger partial charge in [0.1, 0.15) is 0 Å². The molecule has 0 unspecified atom stereocenters. The number of benzene rings is 1. The van der Waals surface area contributed by atoms with Crippen molar-refractivity contribution in [1.29, 1.82) is 0 Å². The summed E-state index contributed by atoms with van der Waals surface area (Å²) in [6, 6.07) is 10.3. The molecule has 0 aliphatic rings. The number of halogens is 1. The van der Waals surface area contributed by atoms with Gasteiger partial charge in [-0.15, -0.1) is 0 Å². The van der Waals surface area contributed by atoms with Crippen LogP contribution in [0, 0.1) is 0 Å². The Hall–Kier alpha value is -1.17. The summed E-state index contributed by atoms with van der Waals surface area (Å²) < 4.78 is 8.14. The highest BCUT2D eigenvalue weighted by atomic mass is 79.9. The summed E-state index contributed by atoms with van der Waals surface area (Å²) in [5.41, 5.74) is 2.40. The van der Waals surface area contributed by atoms with Crippen molar-refractivity contribution in [2.45, 2.75) is 13.1 Å². The van der Waals surface area contributed by atoms with Crippen molar-refractivity contribution in [3.63, 3.8) is 0 Å². The smallest absolute Gasteiger partial charge is 0.0674 e. The van der Waals surface area contributed by atoms with Crippen LogP contribution < -0.4 is 5.32 Å². The van der Waals surface area contributed by atoms with Gasteiger partial charge in [-0.1, -0.05) is 34.1 Å². The molecule has 1 N–H and O–H groups in total. The molecule has 1 aromatic carbocycles. The normalized spacial score (nSPS) is 10.8. The van der Waals surface area contributed by atoms with Gasteiger partial charge in [0.15, 0.2) is 0 Å².